The number of benzene rings is 1. The van der Waals surface area contributed by atoms with Gasteiger partial charge >= 0.3 is 0 Å². The van der Waals surface area contributed by atoms with Gasteiger partial charge in [0.1, 0.15) is 5.82 Å². The predicted molar refractivity (Wildman–Crippen MR) is 120 cm³/mol. The summed E-state index contributed by atoms with van der Waals surface area (Å²) in [7, 11) is 0. The summed E-state index contributed by atoms with van der Waals surface area (Å²) < 4.78 is 0.789. The lowest BCUT2D eigenvalue weighted by Gasteiger charge is -2.42. The van der Waals surface area contributed by atoms with Crippen LogP contribution in [0.25, 0.3) is 0 Å². The van der Waals surface area contributed by atoms with Gasteiger partial charge in [-0.05, 0) is 35.8 Å². The maximum Gasteiger partial charge on any atom is 0.219 e. The zero-order chi connectivity index (χ0) is 21.6. The first-order valence-electron chi connectivity index (χ1n) is 9.35. The van der Waals surface area contributed by atoms with Crippen LogP contribution in [0.2, 0.25) is 5.02 Å². The summed E-state index contributed by atoms with van der Waals surface area (Å²) in [5.74, 6) is -0.238. The maximum atomic E-state index is 13.4. The van der Waals surface area contributed by atoms with Gasteiger partial charge in [0.15, 0.2) is 10.1 Å². The number of halogens is 1. The van der Waals surface area contributed by atoms with E-state index in [0.29, 0.717) is 34.1 Å². The number of carbonyl (C=O) groups excluding carboxylic acids is 1. The molecule has 2 aliphatic rings. The van der Waals surface area contributed by atoms with Crippen molar-refractivity contribution in [2.75, 3.05) is 11.2 Å². The first-order valence-corrected chi connectivity index (χ1v) is 11.8. The molecular formula is C21H20ClN5OS2. The van der Waals surface area contributed by atoms with E-state index in [1.165, 1.54) is 23.1 Å². The van der Waals surface area contributed by atoms with Crippen molar-refractivity contribution in [1.82, 2.24) is 10.2 Å². The van der Waals surface area contributed by atoms with E-state index >= 15 is 0 Å². The highest BCUT2D eigenvalue weighted by Crippen LogP contribution is 2.50. The fraction of sp³-hybridized carbons (Fsp3) is 0.333. The van der Waals surface area contributed by atoms with Gasteiger partial charge in [0.05, 0.1) is 17.6 Å². The second kappa shape index (κ2) is 7.73. The molecule has 1 unspecified atom stereocenters. The second-order valence-electron chi connectivity index (χ2n) is 8.09. The number of ketones is 1. The molecule has 0 spiro atoms. The van der Waals surface area contributed by atoms with Crippen molar-refractivity contribution in [3.63, 3.8) is 0 Å². The quantitative estimate of drug-likeness (QED) is 0.657. The van der Waals surface area contributed by atoms with Gasteiger partial charge < -0.3 is 5.73 Å². The highest BCUT2D eigenvalue weighted by Gasteiger charge is 2.45. The monoisotopic (exact) mass is 457 g/mol. The Labute approximate surface area is 188 Å². The summed E-state index contributed by atoms with van der Waals surface area (Å²) >= 11 is 9.11. The minimum absolute atomic E-state index is 0.0195. The Morgan fingerprint density at radius 1 is 1.37 bits per heavy atom. The zero-order valence-electron chi connectivity index (χ0n) is 16.8. The minimum Gasteiger partial charge on any atom is -0.384 e. The highest BCUT2D eigenvalue weighted by molar-refractivity contribution is 8.00. The number of anilines is 1. The van der Waals surface area contributed by atoms with Crippen molar-refractivity contribution in [2.24, 2.45) is 11.1 Å². The number of nitrogens with zero attached hydrogens (tertiary/aromatic N) is 4. The molecule has 0 fully saturated rings. The van der Waals surface area contributed by atoms with Crippen LogP contribution in [0.3, 0.4) is 0 Å². The van der Waals surface area contributed by atoms with Crippen molar-refractivity contribution in [3.05, 3.63) is 57.5 Å². The average molecular weight is 458 g/mol. The SMILES string of the molecule is CSc1nnc(N2C(N)=C(C#N)C(c3cccc(Cl)c3)C3=C2CC(C)(C)CC3=O)s1. The van der Waals surface area contributed by atoms with Gasteiger partial charge in [-0.25, -0.2) is 0 Å². The van der Waals surface area contributed by atoms with Crippen molar-refractivity contribution in [1.29, 1.82) is 5.26 Å². The predicted octanol–water partition coefficient (Wildman–Crippen LogP) is 4.85. The number of rotatable bonds is 3. The van der Waals surface area contributed by atoms with Gasteiger partial charge in [-0.3, -0.25) is 9.69 Å². The maximum absolute atomic E-state index is 13.4. The molecule has 2 heterocycles. The average Bonchev–Trinajstić information content (AvgIpc) is 3.14. The number of nitrogens with two attached hydrogens (primary N) is 1. The van der Waals surface area contributed by atoms with Crippen molar-refractivity contribution in [2.45, 2.75) is 36.9 Å². The smallest absolute Gasteiger partial charge is 0.219 e. The molecule has 0 saturated carbocycles. The Bertz CT molecular complexity index is 1140. The van der Waals surface area contributed by atoms with E-state index in [1.807, 2.05) is 18.4 Å². The Balaban J connectivity index is 1.99. The summed E-state index contributed by atoms with van der Waals surface area (Å²) in [6.45, 7) is 4.13. The number of allylic oxidation sites excluding steroid dienone is 3. The third-order valence-corrected chi connectivity index (χ3v) is 7.44. The number of hydrogen-bond acceptors (Lipinski definition) is 8. The van der Waals surface area contributed by atoms with Crippen LogP contribution < -0.4 is 10.6 Å². The van der Waals surface area contributed by atoms with Crippen LogP contribution in [0, 0.1) is 16.7 Å². The van der Waals surface area contributed by atoms with Gasteiger partial charge in [0, 0.05) is 22.7 Å². The fourth-order valence-corrected chi connectivity index (χ4v) is 5.62. The normalized spacial score (nSPS) is 21.0. The Morgan fingerprint density at radius 2 is 2.13 bits per heavy atom. The molecule has 1 aliphatic carbocycles. The van der Waals surface area contributed by atoms with Crippen molar-refractivity contribution < 1.29 is 4.79 Å². The Kier molecular flexibility index (Phi) is 5.39. The molecule has 0 saturated heterocycles. The Hall–Kier alpha value is -2.34. The number of aromatic nitrogens is 2. The topological polar surface area (TPSA) is 95.9 Å². The van der Waals surface area contributed by atoms with E-state index in [4.69, 9.17) is 17.3 Å². The standard InChI is InChI=1S/C21H20ClN5OS2/c1-21(2)8-14-17(15(28)9-21)16(11-5-4-6-12(22)7-11)13(10-23)18(24)27(14)19-25-26-20(29-3)30-19/h4-7,16H,8-9,24H2,1-3H3. The van der Waals surface area contributed by atoms with E-state index in [-0.39, 0.29) is 17.0 Å². The molecule has 1 aromatic carbocycles. The molecule has 9 heteroatoms. The third kappa shape index (κ3) is 3.51. The van der Waals surface area contributed by atoms with Gasteiger partial charge in [-0.1, -0.05) is 60.7 Å². The van der Waals surface area contributed by atoms with Crippen LogP contribution in [0.15, 0.2) is 51.3 Å². The Morgan fingerprint density at radius 3 is 2.77 bits per heavy atom. The molecule has 1 aromatic heterocycles. The molecule has 154 valence electrons. The first kappa shape index (κ1) is 20.9. The van der Waals surface area contributed by atoms with Gasteiger partial charge in [0.25, 0.3) is 0 Å². The second-order valence-corrected chi connectivity index (χ2v) is 10.5. The highest BCUT2D eigenvalue weighted by atomic mass is 35.5. The number of hydrogen-bond donors (Lipinski definition) is 1. The summed E-state index contributed by atoms with van der Waals surface area (Å²) in [5.41, 5.74) is 8.83. The largest absolute Gasteiger partial charge is 0.384 e. The molecule has 30 heavy (non-hydrogen) atoms. The van der Waals surface area contributed by atoms with Crippen molar-refractivity contribution in [3.8, 4) is 6.07 Å². The molecular weight excluding hydrogens is 438 g/mol. The molecule has 2 aromatic rings. The zero-order valence-corrected chi connectivity index (χ0v) is 19.2. The van der Waals surface area contributed by atoms with Gasteiger partial charge in [-0.2, -0.15) is 5.26 Å². The molecule has 4 rings (SSSR count). The summed E-state index contributed by atoms with van der Waals surface area (Å²) in [6.07, 6.45) is 2.97. The summed E-state index contributed by atoms with van der Waals surface area (Å²) in [4.78, 5) is 15.1. The van der Waals surface area contributed by atoms with Crippen LogP contribution in [0.1, 0.15) is 38.2 Å². The van der Waals surface area contributed by atoms with Crippen LogP contribution >= 0.6 is 34.7 Å². The van der Waals surface area contributed by atoms with Gasteiger partial charge in [0.2, 0.25) is 5.13 Å². The number of carbonyl (C=O) groups is 1. The molecule has 1 aliphatic heterocycles. The molecule has 0 radical (unpaired) electrons. The number of thioether (sulfide) groups is 1. The number of nitriles is 1. The summed E-state index contributed by atoms with van der Waals surface area (Å²) in [5, 5.41) is 19.6. The molecule has 0 bridgehead atoms. The van der Waals surface area contributed by atoms with Crippen LogP contribution in [0.5, 0.6) is 0 Å². The first-order chi connectivity index (χ1) is 14.3. The lowest BCUT2D eigenvalue weighted by Crippen LogP contribution is -2.42. The summed E-state index contributed by atoms with van der Waals surface area (Å²) in [6, 6.07) is 9.52. The molecule has 1 atom stereocenters. The van der Waals surface area contributed by atoms with Crippen LogP contribution in [0.4, 0.5) is 5.13 Å². The lowest BCUT2D eigenvalue weighted by atomic mass is 9.69. The van der Waals surface area contributed by atoms with E-state index in [1.54, 1.807) is 17.0 Å². The third-order valence-electron chi connectivity index (χ3n) is 5.32. The van der Waals surface area contributed by atoms with Crippen molar-refractivity contribution >= 4 is 45.6 Å². The number of Topliss-reactive ketones (excluding diaryl/α,β-unsaturated/α-hetero) is 1. The molecule has 6 nitrogen and oxygen atoms in total. The van der Waals surface area contributed by atoms with E-state index in [9.17, 15) is 10.1 Å². The fourth-order valence-electron chi connectivity index (χ4n) is 4.12. The van der Waals surface area contributed by atoms with E-state index in [0.717, 1.165) is 15.6 Å². The van der Waals surface area contributed by atoms with E-state index in [2.05, 4.69) is 30.1 Å². The van der Waals surface area contributed by atoms with Crippen LogP contribution in [-0.2, 0) is 4.79 Å². The lowest BCUT2D eigenvalue weighted by molar-refractivity contribution is -0.118. The molecule has 2 N–H and O–H groups in total. The van der Waals surface area contributed by atoms with Gasteiger partial charge in [-0.15, -0.1) is 10.2 Å². The van der Waals surface area contributed by atoms with E-state index < -0.39 is 5.92 Å². The molecule has 0 amide bonds. The minimum atomic E-state index is -0.545. The van der Waals surface area contributed by atoms with Crippen LogP contribution in [-0.4, -0.2) is 22.2 Å².